The zero-order valence-corrected chi connectivity index (χ0v) is 15.7. The van der Waals surface area contributed by atoms with E-state index >= 15 is 0 Å². The number of carboxylic acid groups (broad SMARTS) is 3. The van der Waals surface area contributed by atoms with E-state index < -0.39 is 30.0 Å². The quantitative estimate of drug-likeness (QED) is 0.287. The van der Waals surface area contributed by atoms with Gasteiger partial charge in [-0.2, -0.15) is 0 Å². The van der Waals surface area contributed by atoms with Crippen molar-refractivity contribution in [2.24, 2.45) is 0 Å². The average molecular weight is 263 g/mol. The fourth-order valence-electron chi connectivity index (χ4n) is 0.569. The van der Waals surface area contributed by atoms with Crippen molar-refractivity contribution >= 4 is 17.9 Å². The molecule has 0 aliphatic carbocycles. The van der Waals surface area contributed by atoms with Gasteiger partial charge in [-0.3, -0.25) is 10.1 Å². The van der Waals surface area contributed by atoms with E-state index in [1.807, 2.05) is 5.32 Å². The van der Waals surface area contributed by atoms with Crippen LogP contribution in [0.1, 0.15) is 11.2 Å². The van der Waals surface area contributed by atoms with Crippen LogP contribution >= 0.6 is 0 Å². The summed E-state index contributed by atoms with van der Waals surface area (Å²) in [7, 11) is 0. The smallest absolute Gasteiger partial charge is 1.00 e. The van der Waals surface area contributed by atoms with Crippen molar-refractivity contribution in [2.75, 3.05) is 0 Å². The Labute approximate surface area is 163 Å². The van der Waals surface area contributed by atoms with Crippen molar-refractivity contribution in [3.63, 3.8) is 0 Å². The van der Waals surface area contributed by atoms with Gasteiger partial charge in [0.15, 0.2) is 0 Å². The Kier molecular flexibility index (Phi) is 20.9. The Hall–Kier alpha value is 1.37. The number of rotatable bonds is 5. The normalized spacial score (nSPS) is 10.1. The Balaban J connectivity index is -0.0000000480. The molecule has 1 unspecified atom stereocenters. The van der Waals surface area contributed by atoms with Gasteiger partial charge in [0.05, 0.1) is 0 Å². The Morgan fingerprint density at radius 2 is 1.25 bits per heavy atom. The van der Waals surface area contributed by atoms with E-state index in [0.29, 0.717) is 0 Å². The predicted molar refractivity (Wildman–Crippen MR) is 42.6 cm³/mol. The first-order chi connectivity index (χ1) is 5.86. The SMILES string of the molecule is CC(NC(C(=O)O)C(=O)O)C(=O)O.[H-].[H-].[H-].[Na+].[Na+].[Na+]. The van der Waals surface area contributed by atoms with Gasteiger partial charge in [0, 0.05) is 0 Å². The van der Waals surface area contributed by atoms with Gasteiger partial charge >= 0.3 is 107 Å². The van der Waals surface area contributed by atoms with Crippen LogP contribution in [0.25, 0.3) is 0 Å². The first kappa shape index (κ1) is 26.0. The monoisotopic (exact) mass is 263 g/mol. The van der Waals surface area contributed by atoms with E-state index in [9.17, 15) is 14.4 Å². The molecule has 0 radical (unpaired) electrons. The van der Waals surface area contributed by atoms with E-state index in [-0.39, 0.29) is 93.0 Å². The first-order valence-electron chi connectivity index (χ1n) is 3.30. The summed E-state index contributed by atoms with van der Waals surface area (Å²) in [6, 6.07) is -3.12. The van der Waals surface area contributed by atoms with Crippen molar-refractivity contribution in [3.05, 3.63) is 0 Å². The second-order valence-electron chi connectivity index (χ2n) is 2.34. The van der Waals surface area contributed by atoms with Gasteiger partial charge in [0.2, 0.25) is 6.04 Å². The minimum Gasteiger partial charge on any atom is -1.00 e. The van der Waals surface area contributed by atoms with Crippen LogP contribution in [0.3, 0.4) is 0 Å². The van der Waals surface area contributed by atoms with Gasteiger partial charge in [-0.25, -0.2) is 9.59 Å². The maximum atomic E-state index is 10.3. The van der Waals surface area contributed by atoms with Gasteiger partial charge < -0.3 is 19.6 Å². The maximum Gasteiger partial charge on any atom is 1.00 e. The van der Waals surface area contributed by atoms with Crippen LogP contribution in [-0.4, -0.2) is 45.3 Å². The molecular formula is C6H12NNa3O6. The molecule has 0 fully saturated rings. The molecule has 0 aliphatic rings. The number of hydrogen-bond acceptors (Lipinski definition) is 4. The van der Waals surface area contributed by atoms with Crippen molar-refractivity contribution in [1.29, 1.82) is 0 Å². The van der Waals surface area contributed by atoms with Crippen LogP contribution in [0.5, 0.6) is 0 Å². The van der Waals surface area contributed by atoms with E-state index in [2.05, 4.69) is 0 Å². The summed E-state index contributed by atoms with van der Waals surface area (Å²) in [4.78, 5) is 30.8. The van der Waals surface area contributed by atoms with Gasteiger partial charge in [-0.05, 0) is 6.92 Å². The summed E-state index contributed by atoms with van der Waals surface area (Å²) in [5.41, 5.74) is 0. The zero-order valence-electron chi connectivity index (χ0n) is 12.7. The molecule has 0 rings (SSSR count). The summed E-state index contributed by atoms with van der Waals surface area (Å²) in [6.45, 7) is 1.15. The average Bonchev–Trinajstić information content (AvgIpc) is 1.97. The summed E-state index contributed by atoms with van der Waals surface area (Å²) in [5.74, 6) is -4.56. The van der Waals surface area contributed by atoms with E-state index in [4.69, 9.17) is 15.3 Å². The third-order valence-electron chi connectivity index (χ3n) is 1.28. The number of aliphatic carboxylic acids is 3. The molecule has 0 aromatic heterocycles. The van der Waals surface area contributed by atoms with E-state index in [1.54, 1.807) is 0 Å². The molecule has 0 spiro atoms. The van der Waals surface area contributed by atoms with Crippen LogP contribution < -0.4 is 94.0 Å². The van der Waals surface area contributed by atoms with Crippen LogP contribution in [-0.2, 0) is 14.4 Å². The standard InChI is InChI=1S/C6H9NO6.3Na.3H/c1-2(4(8)9)7-3(5(10)11)6(12)13;;;;;;/h2-3,7H,1H3,(H,8,9)(H,10,11)(H,12,13);;;;;;/q;3*+1;3*-1. The molecule has 80 valence electrons. The Bertz CT molecular complexity index is 246. The zero-order chi connectivity index (χ0) is 10.6. The first-order valence-corrected chi connectivity index (χ1v) is 3.30. The van der Waals surface area contributed by atoms with Crippen molar-refractivity contribution in [1.82, 2.24) is 5.32 Å². The van der Waals surface area contributed by atoms with Crippen LogP contribution in [0, 0.1) is 0 Å². The molecule has 0 saturated heterocycles. The summed E-state index contributed by atoms with van der Waals surface area (Å²) in [6.07, 6.45) is 0. The van der Waals surface area contributed by atoms with Crippen molar-refractivity contribution in [2.45, 2.75) is 19.0 Å². The molecule has 0 heterocycles. The van der Waals surface area contributed by atoms with Crippen molar-refractivity contribution in [3.8, 4) is 0 Å². The number of carbonyl (C=O) groups is 3. The molecule has 4 N–H and O–H groups in total. The Morgan fingerprint density at radius 1 is 0.938 bits per heavy atom. The summed E-state index contributed by atoms with van der Waals surface area (Å²) >= 11 is 0. The number of carboxylic acids is 3. The number of hydrogen-bond donors (Lipinski definition) is 4. The molecule has 0 aromatic rings. The minimum atomic E-state index is -1.90. The maximum absolute atomic E-state index is 10.3. The minimum absolute atomic E-state index is 0. The van der Waals surface area contributed by atoms with E-state index in [1.165, 1.54) is 0 Å². The summed E-state index contributed by atoms with van der Waals surface area (Å²) in [5, 5.41) is 26.9. The molecule has 1 atom stereocenters. The van der Waals surface area contributed by atoms with Gasteiger partial charge in [0.1, 0.15) is 6.04 Å². The fraction of sp³-hybridized carbons (Fsp3) is 0.500. The second kappa shape index (κ2) is 12.8. The molecule has 0 saturated carbocycles. The molecule has 0 aliphatic heterocycles. The molecule has 10 heteroatoms. The van der Waals surface area contributed by atoms with Gasteiger partial charge in [-0.1, -0.05) is 0 Å². The molecule has 0 bridgehead atoms. The number of nitrogens with one attached hydrogen (secondary N) is 1. The summed E-state index contributed by atoms with van der Waals surface area (Å²) < 4.78 is 0. The largest absolute Gasteiger partial charge is 1.00 e. The van der Waals surface area contributed by atoms with Gasteiger partial charge in [-0.15, -0.1) is 0 Å². The molecule has 7 nitrogen and oxygen atoms in total. The Morgan fingerprint density at radius 3 is 1.44 bits per heavy atom. The topological polar surface area (TPSA) is 124 Å². The fourth-order valence-corrected chi connectivity index (χ4v) is 0.569. The van der Waals surface area contributed by atoms with Crippen LogP contribution in [0.2, 0.25) is 0 Å². The van der Waals surface area contributed by atoms with Crippen molar-refractivity contribution < 1.29 is 123 Å². The molecule has 0 aromatic carbocycles. The molecular weight excluding hydrogens is 251 g/mol. The van der Waals surface area contributed by atoms with Crippen LogP contribution in [0.4, 0.5) is 0 Å². The third kappa shape index (κ3) is 10.5. The van der Waals surface area contributed by atoms with E-state index in [0.717, 1.165) is 6.92 Å². The predicted octanol–water partition coefficient (Wildman–Crippen LogP) is -10.1. The third-order valence-corrected chi connectivity index (χ3v) is 1.28. The van der Waals surface area contributed by atoms with Gasteiger partial charge in [0.25, 0.3) is 0 Å². The van der Waals surface area contributed by atoms with Crippen LogP contribution in [0.15, 0.2) is 0 Å². The molecule has 0 amide bonds. The molecule has 16 heavy (non-hydrogen) atoms. The second-order valence-corrected chi connectivity index (χ2v) is 2.34.